The van der Waals surface area contributed by atoms with Gasteiger partial charge in [-0.1, -0.05) is 12.1 Å². The molecule has 9 heteroatoms. The second-order valence-corrected chi connectivity index (χ2v) is 7.31. The maximum atomic E-state index is 12.9. The minimum absolute atomic E-state index is 0.140. The lowest BCUT2D eigenvalue weighted by Crippen LogP contribution is -2.26. The van der Waals surface area contributed by atoms with E-state index in [1.54, 1.807) is 18.2 Å². The number of alkyl halides is 3. The van der Waals surface area contributed by atoms with Crippen LogP contribution in [0.2, 0.25) is 0 Å². The molecule has 6 nitrogen and oxygen atoms in total. The lowest BCUT2D eigenvalue weighted by Gasteiger charge is -2.26. The molecular formula is C22H23F3N4O2. The van der Waals surface area contributed by atoms with Crippen molar-refractivity contribution < 1.29 is 22.6 Å². The van der Waals surface area contributed by atoms with Gasteiger partial charge in [0.05, 0.1) is 13.0 Å². The zero-order valence-corrected chi connectivity index (χ0v) is 17.3. The smallest absolute Gasteiger partial charge is 0.390 e. The predicted octanol–water partition coefficient (Wildman–Crippen LogP) is 4.87. The number of aryl methyl sites for hydroxylation is 1. The Balaban J connectivity index is 1.64. The number of para-hydroxylation sites is 2. The molecule has 164 valence electrons. The predicted molar refractivity (Wildman–Crippen MR) is 110 cm³/mol. The molecule has 0 saturated heterocycles. The van der Waals surface area contributed by atoms with Gasteiger partial charge in [-0.2, -0.15) is 18.3 Å². The van der Waals surface area contributed by atoms with Crippen LogP contribution >= 0.6 is 0 Å². The highest BCUT2D eigenvalue weighted by molar-refractivity contribution is 5.60. The lowest BCUT2D eigenvalue weighted by molar-refractivity contribution is -0.137. The van der Waals surface area contributed by atoms with Crippen LogP contribution < -0.4 is 14.4 Å². The molecule has 1 aromatic heterocycles. The van der Waals surface area contributed by atoms with Crippen molar-refractivity contribution >= 4 is 5.69 Å². The lowest BCUT2D eigenvalue weighted by atomic mass is 10.2. The highest BCUT2D eigenvalue weighted by Crippen LogP contribution is 2.36. The van der Waals surface area contributed by atoms with Crippen molar-refractivity contribution in [2.75, 3.05) is 25.1 Å². The first kappa shape index (κ1) is 21.0. The average Bonchev–Trinajstić information content (AvgIpc) is 3.21. The van der Waals surface area contributed by atoms with Gasteiger partial charge in [-0.3, -0.25) is 0 Å². The first-order valence-electron chi connectivity index (χ1n) is 10.1. The number of rotatable bonds is 6. The highest BCUT2D eigenvalue weighted by Gasteiger charge is 2.31. The summed E-state index contributed by atoms with van der Waals surface area (Å²) in [6, 6.07) is 14.8. The molecular weight excluding hydrogens is 409 g/mol. The van der Waals surface area contributed by atoms with Crippen molar-refractivity contribution in [3.63, 3.8) is 0 Å². The summed E-state index contributed by atoms with van der Waals surface area (Å²) in [6.45, 7) is 2.70. The summed E-state index contributed by atoms with van der Waals surface area (Å²) in [5.41, 5.74) is 1.75. The molecule has 0 N–H and O–H groups in total. The van der Waals surface area contributed by atoms with Crippen LogP contribution in [0, 0.1) is 0 Å². The number of nitrogens with zero attached hydrogens (tertiary/aromatic N) is 4. The first-order chi connectivity index (χ1) is 14.8. The van der Waals surface area contributed by atoms with Crippen LogP contribution in [0.5, 0.6) is 11.5 Å². The van der Waals surface area contributed by atoms with Crippen LogP contribution in [0.25, 0.3) is 11.4 Å². The maximum absolute atomic E-state index is 12.9. The molecule has 1 unspecified atom stereocenters. The number of hydrogen-bond acceptors (Lipinski definition) is 5. The number of ether oxygens (including phenoxy) is 2. The van der Waals surface area contributed by atoms with Crippen molar-refractivity contribution in [1.82, 2.24) is 14.8 Å². The molecule has 0 spiro atoms. The first-order valence-corrected chi connectivity index (χ1v) is 10.1. The Labute approximate surface area is 178 Å². The van der Waals surface area contributed by atoms with Crippen LogP contribution in [0.1, 0.15) is 25.3 Å². The van der Waals surface area contributed by atoms with Gasteiger partial charge in [0.25, 0.3) is 0 Å². The van der Waals surface area contributed by atoms with Gasteiger partial charge in [-0.25, -0.2) is 9.67 Å². The average molecular weight is 432 g/mol. The second kappa shape index (κ2) is 8.49. The topological polar surface area (TPSA) is 52.4 Å². The molecule has 0 saturated carbocycles. The van der Waals surface area contributed by atoms with Crippen LogP contribution in [0.3, 0.4) is 0 Å². The van der Waals surface area contributed by atoms with Crippen molar-refractivity contribution in [2.45, 2.75) is 32.2 Å². The molecule has 3 aromatic rings. The van der Waals surface area contributed by atoms with Gasteiger partial charge in [-0.05, 0) is 43.3 Å². The summed E-state index contributed by atoms with van der Waals surface area (Å²) in [5.74, 6) is 1.78. The quantitative estimate of drug-likeness (QED) is 0.557. The molecule has 4 rings (SSSR count). The molecule has 2 heterocycles. The molecule has 0 radical (unpaired) electrons. The summed E-state index contributed by atoms with van der Waals surface area (Å²) in [5, 5.41) is 4.37. The number of anilines is 1. The second-order valence-electron chi connectivity index (χ2n) is 7.31. The number of fused-ring (bicyclic) bond motifs is 1. The molecule has 0 amide bonds. The van der Waals surface area contributed by atoms with Crippen LogP contribution in [-0.2, 0) is 6.54 Å². The minimum Gasteiger partial charge on any atom is -0.485 e. The molecule has 1 aliphatic rings. The van der Waals surface area contributed by atoms with Crippen molar-refractivity contribution in [1.29, 1.82) is 0 Å². The number of hydrogen-bond donors (Lipinski definition) is 0. The van der Waals surface area contributed by atoms with Gasteiger partial charge in [0.1, 0.15) is 6.61 Å². The number of halogens is 3. The minimum atomic E-state index is -4.30. The monoisotopic (exact) mass is 432 g/mol. The normalized spacial score (nSPS) is 15.7. The van der Waals surface area contributed by atoms with Gasteiger partial charge >= 0.3 is 6.18 Å². The summed E-state index contributed by atoms with van der Waals surface area (Å²) in [7, 11) is 1.98. The Morgan fingerprint density at radius 3 is 2.48 bits per heavy atom. The molecule has 0 bridgehead atoms. The van der Waals surface area contributed by atoms with Crippen molar-refractivity contribution in [2.24, 2.45) is 0 Å². The third-order valence-electron chi connectivity index (χ3n) is 5.14. The Morgan fingerprint density at radius 1 is 1.10 bits per heavy atom. The SMILES string of the molecule is CCN(C)c1ccc(-c2nc(C3COc4ccccc4O3)n(CCC(F)(F)F)n2)cc1. The zero-order chi connectivity index (χ0) is 22.0. The standard InChI is InChI=1S/C22H23F3N4O2/c1-3-28(2)16-10-8-15(9-11-16)20-26-21(29(27-20)13-12-22(23,24)25)19-14-30-17-6-4-5-7-18(17)31-19/h4-11,19H,3,12-14H2,1-2H3. The van der Waals surface area contributed by atoms with Gasteiger partial charge in [0, 0.05) is 24.8 Å². The summed E-state index contributed by atoms with van der Waals surface area (Å²) in [6.07, 6.45) is -5.96. The molecule has 1 atom stereocenters. The van der Waals surface area contributed by atoms with E-state index in [0.717, 1.165) is 17.8 Å². The molecule has 0 fully saturated rings. The van der Waals surface area contributed by atoms with E-state index in [4.69, 9.17) is 9.47 Å². The van der Waals surface area contributed by atoms with Crippen LogP contribution in [0.4, 0.5) is 18.9 Å². The Hall–Kier alpha value is -3.23. The fourth-order valence-electron chi connectivity index (χ4n) is 3.31. The Morgan fingerprint density at radius 2 is 1.81 bits per heavy atom. The third-order valence-corrected chi connectivity index (χ3v) is 5.14. The van der Waals surface area contributed by atoms with Crippen LogP contribution in [0.15, 0.2) is 48.5 Å². The van der Waals surface area contributed by atoms with Gasteiger partial charge in [0.15, 0.2) is 29.3 Å². The van der Waals surface area contributed by atoms with E-state index in [2.05, 4.69) is 21.9 Å². The summed E-state index contributed by atoms with van der Waals surface area (Å²) in [4.78, 5) is 6.62. The summed E-state index contributed by atoms with van der Waals surface area (Å²) < 4.78 is 51.6. The van der Waals surface area contributed by atoms with Gasteiger partial charge in [0.2, 0.25) is 0 Å². The Kier molecular flexibility index (Phi) is 5.75. The van der Waals surface area contributed by atoms with E-state index in [9.17, 15) is 13.2 Å². The van der Waals surface area contributed by atoms with E-state index < -0.39 is 18.7 Å². The molecule has 0 aliphatic carbocycles. The molecule has 31 heavy (non-hydrogen) atoms. The van der Waals surface area contributed by atoms with E-state index >= 15 is 0 Å². The maximum Gasteiger partial charge on any atom is 0.390 e. The number of aromatic nitrogens is 3. The highest BCUT2D eigenvalue weighted by atomic mass is 19.4. The fourth-order valence-corrected chi connectivity index (χ4v) is 3.31. The van der Waals surface area contributed by atoms with Crippen molar-refractivity contribution in [3.05, 3.63) is 54.4 Å². The van der Waals surface area contributed by atoms with Gasteiger partial charge < -0.3 is 14.4 Å². The Bertz CT molecular complexity index is 1030. The zero-order valence-electron chi connectivity index (χ0n) is 17.3. The van der Waals surface area contributed by atoms with Gasteiger partial charge in [-0.15, -0.1) is 0 Å². The number of benzene rings is 2. The summed E-state index contributed by atoms with van der Waals surface area (Å²) >= 11 is 0. The van der Waals surface area contributed by atoms with E-state index in [-0.39, 0.29) is 13.2 Å². The van der Waals surface area contributed by atoms with Crippen molar-refractivity contribution in [3.8, 4) is 22.9 Å². The van der Waals surface area contributed by atoms with Crippen LogP contribution in [-0.4, -0.2) is 41.1 Å². The van der Waals surface area contributed by atoms with E-state index in [1.165, 1.54) is 4.68 Å². The third kappa shape index (κ3) is 4.76. The van der Waals surface area contributed by atoms with E-state index in [1.807, 2.05) is 37.4 Å². The molecule has 2 aromatic carbocycles. The fraction of sp³-hybridized carbons (Fsp3) is 0.364. The molecule has 1 aliphatic heterocycles. The largest absolute Gasteiger partial charge is 0.485 e. The van der Waals surface area contributed by atoms with E-state index in [0.29, 0.717) is 23.1 Å².